The number of hydrogen-bond acceptors (Lipinski definition) is 3. The van der Waals surface area contributed by atoms with Crippen molar-refractivity contribution in [1.29, 1.82) is 0 Å². The van der Waals surface area contributed by atoms with Gasteiger partial charge in [-0.15, -0.1) is 23.2 Å². The molecule has 1 N–H and O–H groups in total. The normalized spacial score (nSPS) is 10.3. The van der Waals surface area contributed by atoms with Crippen LogP contribution in [0.25, 0.3) is 0 Å². The second-order valence-electron chi connectivity index (χ2n) is 2.33. The van der Waals surface area contributed by atoms with E-state index in [4.69, 9.17) is 34.8 Å². The van der Waals surface area contributed by atoms with Crippen molar-refractivity contribution in [3.05, 3.63) is 23.2 Å². The number of rotatable bonds is 3. The number of nitrogens with one attached hydrogen (secondary N) is 1. The van der Waals surface area contributed by atoms with Gasteiger partial charge in [-0.3, -0.25) is 4.79 Å². The molecule has 0 aromatic carbocycles. The molecule has 4 nitrogen and oxygen atoms in total. The number of amides is 1. The van der Waals surface area contributed by atoms with Crippen LogP contribution in [0.4, 0.5) is 0 Å². The van der Waals surface area contributed by atoms with Crippen molar-refractivity contribution >= 4 is 40.7 Å². The van der Waals surface area contributed by atoms with E-state index in [9.17, 15) is 4.79 Å². The van der Waals surface area contributed by atoms with E-state index in [1.54, 1.807) is 0 Å². The van der Waals surface area contributed by atoms with Crippen LogP contribution in [0.2, 0.25) is 5.15 Å². The predicted octanol–water partition coefficient (Wildman–Crippen LogP) is 1.66. The Balaban J connectivity index is 2.57. The highest BCUT2D eigenvalue weighted by atomic mass is 35.5. The summed E-state index contributed by atoms with van der Waals surface area (Å²) >= 11 is 16.4. The number of carbonyl (C=O) groups excluding carboxylic acids is 1. The molecule has 1 amide bonds. The highest BCUT2D eigenvalue weighted by Gasteiger charge is 2.08. The van der Waals surface area contributed by atoms with Gasteiger partial charge in [0.25, 0.3) is 5.91 Å². The van der Waals surface area contributed by atoms with Crippen molar-refractivity contribution in [2.75, 3.05) is 6.54 Å². The van der Waals surface area contributed by atoms with E-state index in [1.807, 2.05) is 0 Å². The van der Waals surface area contributed by atoms with Crippen LogP contribution in [0.1, 0.15) is 10.5 Å². The molecule has 0 unspecified atom stereocenters. The fraction of sp³-hybridized carbons (Fsp3) is 0.286. The Hall–Kier alpha value is -0.580. The van der Waals surface area contributed by atoms with Gasteiger partial charge in [-0.1, -0.05) is 11.6 Å². The largest absolute Gasteiger partial charge is 0.348 e. The van der Waals surface area contributed by atoms with Gasteiger partial charge in [0.1, 0.15) is 15.7 Å². The standard InChI is InChI=1S/C7H6Cl3N3O/c8-5(9)2-13-7(14)4-1-12-6(10)3-11-4/h1,3,5H,2H2,(H,13,14). The quantitative estimate of drug-likeness (QED) is 0.835. The van der Waals surface area contributed by atoms with Crippen LogP contribution in [0, 0.1) is 0 Å². The molecule has 0 fully saturated rings. The molecule has 1 aromatic rings. The molecule has 1 heterocycles. The summed E-state index contributed by atoms with van der Waals surface area (Å²) in [6, 6.07) is 0. The highest BCUT2D eigenvalue weighted by molar-refractivity contribution is 6.44. The lowest BCUT2D eigenvalue weighted by molar-refractivity contribution is 0.0950. The van der Waals surface area contributed by atoms with Crippen molar-refractivity contribution in [2.24, 2.45) is 0 Å². The molecule has 0 aliphatic rings. The average molecular weight is 255 g/mol. The molecule has 0 spiro atoms. The molecule has 0 bridgehead atoms. The Kier molecular flexibility index (Phi) is 4.38. The van der Waals surface area contributed by atoms with Gasteiger partial charge in [-0.25, -0.2) is 9.97 Å². The third kappa shape index (κ3) is 3.65. The maximum atomic E-state index is 11.3. The van der Waals surface area contributed by atoms with Crippen LogP contribution in [0.15, 0.2) is 12.4 Å². The number of carbonyl (C=O) groups is 1. The Morgan fingerprint density at radius 2 is 2.14 bits per heavy atom. The molecule has 0 aliphatic heterocycles. The Bertz CT molecular complexity index is 314. The zero-order valence-electron chi connectivity index (χ0n) is 6.88. The smallest absolute Gasteiger partial charge is 0.271 e. The first-order valence-electron chi connectivity index (χ1n) is 3.63. The van der Waals surface area contributed by atoms with E-state index in [0.717, 1.165) is 0 Å². The lowest BCUT2D eigenvalue weighted by Gasteiger charge is -2.03. The average Bonchev–Trinajstić information content (AvgIpc) is 2.15. The lowest BCUT2D eigenvalue weighted by Crippen LogP contribution is -2.28. The number of halogens is 3. The van der Waals surface area contributed by atoms with Gasteiger partial charge in [0.15, 0.2) is 0 Å². The first-order valence-corrected chi connectivity index (χ1v) is 4.88. The maximum Gasteiger partial charge on any atom is 0.271 e. The Morgan fingerprint density at radius 3 is 2.64 bits per heavy atom. The van der Waals surface area contributed by atoms with Crippen molar-refractivity contribution in [1.82, 2.24) is 15.3 Å². The van der Waals surface area contributed by atoms with Crippen LogP contribution < -0.4 is 5.32 Å². The number of nitrogens with zero attached hydrogens (tertiary/aromatic N) is 2. The fourth-order valence-corrected chi connectivity index (χ4v) is 0.942. The Labute approximate surface area is 95.6 Å². The van der Waals surface area contributed by atoms with Gasteiger partial charge in [0.05, 0.1) is 12.4 Å². The molecule has 14 heavy (non-hydrogen) atoms. The monoisotopic (exact) mass is 253 g/mol. The maximum absolute atomic E-state index is 11.3. The minimum Gasteiger partial charge on any atom is -0.348 e. The summed E-state index contributed by atoms with van der Waals surface area (Å²) in [5.41, 5.74) is 0.170. The van der Waals surface area contributed by atoms with E-state index in [2.05, 4.69) is 15.3 Å². The molecule has 76 valence electrons. The van der Waals surface area contributed by atoms with Gasteiger partial charge < -0.3 is 5.32 Å². The topological polar surface area (TPSA) is 54.9 Å². The molecule has 0 atom stereocenters. The zero-order valence-corrected chi connectivity index (χ0v) is 9.14. The number of alkyl halides is 2. The molecule has 0 aliphatic carbocycles. The molecule has 1 aromatic heterocycles. The van der Waals surface area contributed by atoms with Crippen molar-refractivity contribution < 1.29 is 4.79 Å². The van der Waals surface area contributed by atoms with E-state index in [-0.39, 0.29) is 23.3 Å². The van der Waals surface area contributed by atoms with E-state index in [0.29, 0.717) is 0 Å². The van der Waals surface area contributed by atoms with Crippen LogP contribution in [-0.2, 0) is 0 Å². The lowest BCUT2D eigenvalue weighted by atomic mass is 10.4. The summed E-state index contributed by atoms with van der Waals surface area (Å²) in [6.07, 6.45) is 2.56. The van der Waals surface area contributed by atoms with Crippen LogP contribution in [0.3, 0.4) is 0 Å². The van der Waals surface area contributed by atoms with E-state index in [1.165, 1.54) is 12.4 Å². The van der Waals surface area contributed by atoms with Crippen LogP contribution in [-0.4, -0.2) is 27.3 Å². The predicted molar refractivity (Wildman–Crippen MR) is 54.9 cm³/mol. The van der Waals surface area contributed by atoms with Crippen molar-refractivity contribution in [2.45, 2.75) is 4.84 Å². The SMILES string of the molecule is O=C(NCC(Cl)Cl)c1cnc(Cl)cn1. The Morgan fingerprint density at radius 1 is 1.43 bits per heavy atom. The first-order chi connectivity index (χ1) is 6.59. The molecule has 0 radical (unpaired) electrons. The molecule has 0 saturated carbocycles. The first kappa shape index (κ1) is 11.5. The molecule has 0 saturated heterocycles. The zero-order chi connectivity index (χ0) is 10.6. The summed E-state index contributed by atoms with van der Waals surface area (Å²) in [5, 5.41) is 2.70. The van der Waals surface area contributed by atoms with Gasteiger partial charge in [-0.05, 0) is 0 Å². The van der Waals surface area contributed by atoms with Gasteiger partial charge >= 0.3 is 0 Å². The van der Waals surface area contributed by atoms with Gasteiger partial charge in [0, 0.05) is 6.54 Å². The second-order valence-corrected chi connectivity index (χ2v) is 3.99. The minimum atomic E-state index is -0.640. The summed E-state index contributed by atoms with van der Waals surface area (Å²) in [5.74, 6) is -0.388. The summed E-state index contributed by atoms with van der Waals surface area (Å²) < 4.78 is 0. The minimum absolute atomic E-state index is 0.159. The van der Waals surface area contributed by atoms with Crippen molar-refractivity contribution in [3.8, 4) is 0 Å². The van der Waals surface area contributed by atoms with E-state index < -0.39 is 4.84 Å². The second kappa shape index (κ2) is 5.34. The van der Waals surface area contributed by atoms with E-state index >= 15 is 0 Å². The number of hydrogen-bond donors (Lipinski definition) is 1. The van der Waals surface area contributed by atoms with Crippen LogP contribution in [0.5, 0.6) is 0 Å². The van der Waals surface area contributed by atoms with Crippen molar-refractivity contribution in [3.63, 3.8) is 0 Å². The molecule has 1 rings (SSSR count). The molecular weight excluding hydrogens is 248 g/mol. The third-order valence-electron chi connectivity index (χ3n) is 1.27. The van der Waals surface area contributed by atoms with Gasteiger partial charge in [0.2, 0.25) is 0 Å². The highest BCUT2D eigenvalue weighted by Crippen LogP contribution is 2.02. The number of aromatic nitrogens is 2. The molecule has 7 heteroatoms. The molecular formula is C7H6Cl3N3O. The third-order valence-corrected chi connectivity index (χ3v) is 1.77. The van der Waals surface area contributed by atoms with Gasteiger partial charge in [-0.2, -0.15) is 0 Å². The summed E-state index contributed by atoms with van der Waals surface area (Å²) in [7, 11) is 0. The fourth-order valence-electron chi connectivity index (χ4n) is 0.690. The van der Waals surface area contributed by atoms with Crippen LogP contribution >= 0.6 is 34.8 Å². The summed E-state index contributed by atoms with van der Waals surface area (Å²) in [6.45, 7) is 0.159. The summed E-state index contributed by atoms with van der Waals surface area (Å²) in [4.78, 5) is 18.1.